The molecule has 1 aromatic carbocycles. The fraction of sp³-hybridized carbons (Fsp3) is 0.556. The van der Waals surface area contributed by atoms with Crippen molar-refractivity contribution in [2.75, 3.05) is 18.0 Å². The SMILES string of the molecule is O=C(NCC1CCCCC1)C1(O)CCN(c2ccccc2)C1=O. The summed E-state index contributed by atoms with van der Waals surface area (Å²) in [6, 6.07) is 9.16. The van der Waals surface area contributed by atoms with Crippen molar-refractivity contribution in [1.29, 1.82) is 0 Å². The minimum Gasteiger partial charge on any atom is -0.372 e. The molecule has 1 aromatic rings. The maximum absolute atomic E-state index is 12.5. The molecule has 2 aliphatic rings. The summed E-state index contributed by atoms with van der Waals surface area (Å²) in [5.74, 6) is -0.602. The molecule has 1 atom stereocenters. The van der Waals surface area contributed by atoms with Crippen LogP contribution in [0.5, 0.6) is 0 Å². The molecular weight excluding hydrogens is 292 g/mol. The van der Waals surface area contributed by atoms with Crippen LogP contribution < -0.4 is 10.2 Å². The van der Waals surface area contributed by atoms with E-state index in [0.29, 0.717) is 24.7 Å². The fourth-order valence-electron chi connectivity index (χ4n) is 3.54. The molecule has 1 unspecified atom stereocenters. The third-order valence-corrected chi connectivity index (χ3v) is 5.02. The highest BCUT2D eigenvalue weighted by Gasteiger charge is 2.51. The third-order valence-electron chi connectivity index (χ3n) is 5.02. The first-order valence-corrected chi connectivity index (χ1v) is 8.49. The molecule has 0 bridgehead atoms. The average Bonchev–Trinajstić information content (AvgIpc) is 2.91. The van der Waals surface area contributed by atoms with E-state index in [2.05, 4.69) is 5.32 Å². The van der Waals surface area contributed by atoms with Gasteiger partial charge in [-0.25, -0.2) is 0 Å². The molecule has 1 saturated heterocycles. The number of hydrogen-bond acceptors (Lipinski definition) is 3. The third kappa shape index (κ3) is 3.24. The number of anilines is 1. The van der Waals surface area contributed by atoms with Gasteiger partial charge in [-0.15, -0.1) is 0 Å². The number of nitrogens with one attached hydrogen (secondary N) is 1. The van der Waals surface area contributed by atoms with Crippen LogP contribution in [0.15, 0.2) is 30.3 Å². The lowest BCUT2D eigenvalue weighted by molar-refractivity contribution is -0.149. The van der Waals surface area contributed by atoms with E-state index in [9.17, 15) is 14.7 Å². The van der Waals surface area contributed by atoms with Crippen LogP contribution in [-0.4, -0.2) is 35.6 Å². The number of nitrogens with zero attached hydrogens (tertiary/aromatic N) is 1. The molecule has 5 heteroatoms. The molecule has 23 heavy (non-hydrogen) atoms. The summed E-state index contributed by atoms with van der Waals surface area (Å²) in [4.78, 5) is 26.4. The van der Waals surface area contributed by atoms with Crippen molar-refractivity contribution in [2.24, 2.45) is 5.92 Å². The summed E-state index contributed by atoms with van der Waals surface area (Å²) in [6.07, 6.45) is 6.03. The standard InChI is InChI=1S/C18H24N2O3/c21-16(19-13-14-7-3-1-4-8-14)18(23)11-12-20(17(18)22)15-9-5-2-6-10-15/h2,5-6,9-10,14,23H,1,3-4,7-8,11-13H2,(H,19,21). The Morgan fingerprint density at radius 1 is 1.22 bits per heavy atom. The Kier molecular flexibility index (Phi) is 4.66. The van der Waals surface area contributed by atoms with Crippen molar-refractivity contribution in [3.63, 3.8) is 0 Å². The predicted octanol–water partition coefficient (Wildman–Crippen LogP) is 1.85. The predicted molar refractivity (Wildman–Crippen MR) is 87.9 cm³/mol. The van der Waals surface area contributed by atoms with Crippen LogP contribution in [0.25, 0.3) is 0 Å². The lowest BCUT2D eigenvalue weighted by Crippen LogP contribution is -2.53. The highest BCUT2D eigenvalue weighted by atomic mass is 16.3. The van der Waals surface area contributed by atoms with Gasteiger partial charge in [0.05, 0.1) is 0 Å². The molecule has 1 aliphatic carbocycles. The molecule has 3 rings (SSSR count). The molecule has 0 spiro atoms. The molecule has 2 amide bonds. The quantitative estimate of drug-likeness (QED) is 0.833. The van der Waals surface area contributed by atoms with E-state index in [0.717, 1.165) is 12.8 Å². The largest absolute Gasteiger partial charge is 0.372 e. The van der Waals surface area contributed by atoms with Crippen LogP contribution in [0.1, 0.15) is 38.5 Å². The number of rotatable bonds is 4. The van der Waals surface area contributed by atoms with E-state index in [1.807, 2.05) is 30.3 Å². The highest BCUT2D eigenvalue weighted by Crippen LogP contribution is 2.29. The Morgan fingerprint density at radius 3 is 2.61 bits per heavy atom. The lowest BCUT2D eigenvalue weighted by atomic mass is 9.89. The number of carbonyl (C=O) groups excluding carboxylic acids is 2. The van der Waals surface area contributed by atoms with E-state index in [4.69, 9.17) is 0 Å². The van der Waals surface area contributed by atoms with Gasteiger partial charge in [0.2, 0.25) is 5.60 Å². The zero-order valence-electron chi connectivity index (χ0n) is 13.3. The van der Waals surface area contributed by atoms with E-state index in [1.165, 1.54) is 24.2 Å². The van der Waals surface area contributed by atoms with Crippen LogP contribution in [-0.2, 0) is 9.59 Å². The number of amides is 2. The molecule has 2 fully saturated rings. The minimum absolute atomic E-state index is 0.136. The minimum atomic E-state index is -1.93. The molecule has 1 saturated carbocycles. The van der Waals surface area contributed by atoms with E-state index < -0.39 is 17.4 Å². The molecule has 5 nitrogen and oxygen atoms in total. The second-order valence-corrected chi connectivity index (χ2v) is 6.62. The molecular formula is C18H24N2O3. The molecule has 2 N–H and O–H groups in total. The van der Waals surface area contributed by atoms with Crippen LogP contribution >= 0.6 is 0 Å². The van der Waals surface area contributed by atoms with Crippen molar-refractivity contribution in [2.45, 2.75) is 44.1 Å². The number of aliphatic hydroxyl groups is 1. The average molecular weight is 316 g/mol. The van der Waals surface area contributed by atoms with Gasteiger partial charge in [0.1, 0.15) is 0 Å². The Morgan fingerprint density at radius 2 is 1.91 bits per heavy atom. The molecule has 1 aliphatic heterocycles. The lowest BCUT2D eigenvalue weighted by Gasteiger charge is -2.25. The summed E-state index contributed by atoms with van der Waals surface area (Å²) in [5, 5.41) is 13.4. The van der Waals surface area contributed by atoms with Crippen molar-refractivity contribution in [1.82, 2.24) is 5.32 Å². The molecule has 1 heterocycles. The van der Waals surface area contributed by atoms with Gasteiger partial charge >= 0.3 is 0 Å². The van der Waals surface area contributed by atoms with Crippen LogP contribution in [0.4, 0.5) is 5.69 Å². The first kappa shape index (κ1) is 16.0. The smallest absolute Gasteiger partial charge is 0.268 e. The van der Waals surface area contributed by atoms with Gasteiger partial charge in [0.25, 0.3) is 11.8 Å². The van der Waals surface area contributed by atoms with Crippen LogP contribution in [0, 0.1) is 5.92 Å². The van der Waals surface area contributed by atoms with E-state index in [-0.39, 0.29) is 6.42 Å². The topological polar surface area (TPSA) is 69.6 Å². The summed E-state index contributed by atoms with van der Waals surface area (Å²) in [5.41, 5.74) is -1.21. The second-order valence-electron chi connectivity index (χ2n) is 6.62. The number of carbonyl (C=O) groups is 2. The van der Waals surface area contributed by atoms with Gasteiger partial charge in [-0.1, -0.05) is 37.5 Å². The first-order chi connectivity index (χ1) is 11.1. The van der Waals surface area contributed by atoms with Crippen molar-refractivity contribution >= 4 is 17.5 Å². The van der Waals surface area contributed by atoms with Crippen LogP contribution in [0.3, 0.4) is 0 Å². The molecule has 124 valence electrons. The summed E-state index contributed by atoms with van der Waals surface area (Å²) in [7, 11) is 0. The van der Waals surface area contributed by atoms with Gasteiger partial charge < -0.3 is 15.3 Å². The Labute approximate surface area is 136 Å². The first-order valence-electron chi connectivity index (χ1n) is 8.49. The summed E-state index contributed by atoms with van der Waals surface area (Å²) >= 11 is 0. The highest BCUT2D eigenvalue weighted by molar-refractivity contribution is 6.16. The zero-order valence-corrected chi connectivity index (χ0v) is 13.3. The number of benzene rings is 1. The normalized spacial score (nSPS) is 25.6. The summed E-state index contributed by atoms with van der Waals surface area (Å²) < 4.78 is 0. The van der Waals surface area contributed by atoms with Crippen molar-refractivity contribution < 1.29 is 14.7 Å². The van der Waals surface area contributed by atoms with Gasteiger partial charge in [0, 0.05) is 25.2 Å². The fourth-order valence-corrected chi connectivity index (χ4v) is 3.54. The monoisotopic (exact) mass is 316 g/mol. The Balaban J connectivity index is 1.62. The molecule has 0 aromatic heterocycles. The Bertz CT molecular complexity index is 569. The second kappa shape index (κ2) is 6.71. The number of para-hydroxylation sites is 1. The summed E-state index contributed by atoms with van der Waals surface area (Å²) in [6.45, 7) is 0.913. The van der Waals surface area contributed by atoms with E-state index >= 15 is 0 Å². The van der Waals surface area contributed by atoms with Gasteiger partial charge in [-0.3, -0.25) is 9.59 Å². The van der Waals surface area contributed by atoms with Crippen LogP contribution in [0.2, 0.25) is 0 Å². The Hall–Kier alpha value is -1.88. The van der Waals surface area contributed by atoms with Crippen molar-refractivity contribution in [3.8, 4) is 0 Å². The van der Waals surface area contributed by atoms with Gasteiger partial charge in [-0.2, -0.15) is 0 Å². The maximum atomic E-state index is 12.5. The number of hydrogen-bond donors (Lipinski definition) is 2. The van der Waals surface area contributed by atoms with Gasteiger partial charge in [0.15, 0.2) is 0 Å². The zero-order chi connectivity index (χ0) is 16.3. The maximum Gasteiger partial charge on any atom is 0.268 e. The van der Waals surface area contributed by atoms with E-state index in [1.54, 1.807) is 0 Å². The molecule has 0 radical (unpaired) electrons. The van der Waals surface area contributed by atoms with Gasteiger partial charge in [-0.05, 0) is 30.9 Å². The van der Waals surface area contributed by atoms with Crippen molar-refractivity contribution in [3.05, 3.63) is 30.3 Å².